The minimum Gasteiger partial charge on any atom is -0.319 e. The third-order valence-corrected chi connectivity index (χ3v) is 3.66. The molecule has 0 aliphatic carbocycles. The van der Waals surface area contributed by atoms with E-state index in [0.717, 1.165) is 11.3 Å². The SMILES string of the molecule is CC(C)n1nccc1C(N)c1cccc(F)c1Br. The molecule has 1 aromatic heterocycles. The normalized spacial score (nSPS) is 13.0. The van der Waals surface area contributed by atoms with Gasteiger partial charge < -0.3 is 5.73 Å². The molecule has 0 spiro atoms. The molecule has 0 radical (unpaired) electrons. The summed E-state index contributed by atoms with van der Waals surface area (Å²) < 4.78 is 15.8. The third-order valence-electron chi connectivity index (χ3n) is 2.83. The van der Waals surface area contributed by atoms with E-state index in [0.29, 0.717) is 4.47 Å². The van der Waals surface area contributed by atoms with Gasteiger partial charge in [-0.3, -0.25) is 4.68 Å². The summed E-state index contributed by atoms with van der Waals surface area (Å²) in [6.45, 7) is 4.06. The Labute approximate surface area is 114 Å². The van der Waals surface area contributed by atoms with Crippen molar-refractivity contribution in [1.29, 1.82) is 0 Å². The quantitative estimate of drug-likeness (QED) is 0.944. The topological polar surface area (TPSA) is 43.8 Å². The largest absolute Gasteiger partial charge is 0.319 e. The maximum absolute atomic E-state index is 13.5. The maximum atomic E-state index is 13.5. The van der Waals surface area contributed by atoms with Crippen molar-refractivity contribution < 1.29 is 4.39 Å². The van der Waals surface area contributed by atoms with Gasteiger partial charge in [0.25, 0.3) is 0 Å². The first-order chi connectivity index (χ1) is 8.52. The van der Waals surface area contributed by atoms with Gasteiger partial charge in [-0.1, -0.05) is 12.1 Å². The molecule has 2 N–H and O–H groups in total. The fraction of sp³-hybridized carbons (Fsp3) is 0.308. The van der Waals surface area contributed by atoms with Gasteiger partial charge in [-0.2, -0.15) is 5.10 Å². The molecule has 18 heavy (non-hydrogen) atoms. The van der Waals surface area contributed by atoms with Crippen LogP contribution in [0.2, 0.25) is 0 Å². The highest BCUT2D eigenvalue weighted by Crippen LogP contribution is 2.29. The van der Waals surface area contributed by atoms with Gasteiger partial charge in [-0.15, -0.1) is 0 Å². The highest BCUT2D eigenvalue weighted by molar-refractivity contribution is 9.10. The van der Waals surface area contributed by atoms with Gasteiger partial charge in [-0.05, 0) is 47.5 Å². The molecule has 2 rings (SSSR count). The summed E-state index contributed by atoms with van der Waals surface area (Å²) in [5, 5.41) is 4.24. The highest BCUT2D eigenvalue weighted by Gasteiger charge is 2.19. The van der Waals surface area contributed by atoms with Gasteiger partial charge in [0.1, 0.15) is 5.82 Å². The Hall–Kier alpha value is -1.20. The van der Waals surface area contributed by atoms with Crippen molar-refractivity contribution in [1.82, 2.24) is 9.78 Å². The van der Waals surface area contributed by atoms with Crippen LogP contribution in [-0.4, -0.2) is 9.78 Å². The van der Waals surface area contributed by atoms with Gasteiger partial charge in [-0.25, -0.2) is 4.39 Å². The first-order valence-electron chi connectivity index (χ1n) is 5.75. The molecule has 0 aliphatic rings. The van der Waals surface area contributed by atoms with E-state index in [1.54, 1.807) is 12.3 Å². The van der Waals surface area contributed by atoms with E-state index in [-0.39, 0.29) is 11.9 Å². The lowest BCUT2D eigenvalue weighted by Crippen LogP contribution is -2.19. The van der Waals surface area contributed by atoms with Crippen LogP contribution in [0.1, 0.15) is 37.2 Å². The molecule has 0 saturated carbocycles. The molecular weight excluding hydrogens is 297 g/mol. The summed E-state index contributed by atoms with van der Waals surface area (Å²) in [6.07, 6.45) is 1.71. The zero-order valence-corrected chi connectivity index (χ0v) is 11.9. The summed E-state index contributed by atoms with van der Waals surface area (Å²) >= 11 is 3.24. The van der Waals surface area contributed by atoms with Crippen LogP contribution in [0, 0.1) is 5.82 Å². The van der Waals surface area contributed by atoms with Crippen LogP contribution in [0.3, 0.4) is 0 Å². The minimum atomic E-state index is -0.403. The number of aromatic nitrogens is 2. The monoisotopic (exact) mass is 311 g/mol. The number of benzene rings is 1. The van der Waals surface area contributed by atoms with Crippen molar-refractivity contribution in [2.75, 3.05) is 0 Å². The second-order valence-electron chi connectivity index (χ2n) is 4.42. The van der Waals surface area contributed by atoms with E-state index >= 15 is 0 Å². The van der Waals surface area contributed by atoms with E-state index < -0.39 is 6.04 Å². The summed E-state index contributed by atoms with van der Waals surface area (Å²) in [7, 11) is 0. The summed E-state index contributed by atoms with van der Waals surface area (Å²) in [5.74, 6) is -0.307. The molecule has 0 bridgehead atoms. The number of rotatable bonds is 3. The van der Waals surface area contributed by atoms with E-state index in [4.69, 9.17) is 5.73 Å². The lowest BCUT2D eigenvalue weighted by atomic mass is 10.0. The molecule has 2 aromatic rings. The number of hydrogen-bond acceptors (Lipinski definition) is 2. The van der Waals surface area contributed by atoms with Crippen LogP contribution in [0.4, 0.5) is 4.39 Å². The molecular formula is C13H15BrFN3. The summed E-state index contributed by atoms with van der Waals surface area (Å²) in [6, 6.07) is 6.55. The molecule has 0 fully saturated rings. The van der Waals surface area contributed by atoms with Crippen LogP contribution in [0.5, 0.6) is 0 Å². The zero-order chi connectivity index (χ0) is 13.3. The van der Waals surface area contributed by atoms with Crippen molar-refractivity contribution in [3.8, 4) is 0 Å². The van der Waals surface area contributed by atoms with Crippen LogP contribution >= 0.6 is 15.9 Å². The van der Waals surface area contributed by atoms with Gasteiger partial charge in [0, 0.05) is 12.2 Å². The predicted molar refractivity (Wildman–Crippen MR) is 72.7 cm³/mol. The van der Waals surface area contributed by atoms with Crippen LogP contribution in [-0.2, 0) is 0 Å². The standard InChI is InChI=1S/C13H15BrFN3/c1-8(2)18-11(6-7-17-18)13(16)9-4-3-5-10(15)12(9)14/h3-8,13H,16H2,1-2H3. The molecule has 5 heteroatoms. The second-order valence-corrected chi connectivity index (χ2v) is 5.21. The minimum absolute atomic E-state index is 0.216. The molecule has 1 atom stereocenters. The van der Waals surface area contributed by atoms with Gasteiger partial charge in [0.2, 0.25) is 0 Å². The lowest BCUT2D eigenvalue weighted by Gasteiger charge is -2.18. The van der Waals surface area contributed by atoms with Crippen molar-refractivity contribution in [3.63, 3.8) is 0 Å². The first-order valence-corrected chi connectivity index (χ1v) is 6.54. The molecule has 0 amide bonds. The van der Waals surface area contributed by atoms with E-state index in [9.17, 15) is 4.39 Å². The Bertz CT molecular complexity index is 551. The van der Waals surface area contributed by atoms with Gasteiger partial charge in [0.05, 0.1) is 16.2 Å². The smallest absolute Gasteiger partial charge is 0.137 e. The number of hydrogen-bond donors (Lipinski definition) is 1. The molecule has 1 aromatic carbocycles. The van der Waals surface area contributed by atoms with E-state index in [2.05, 4.69) is 21.0 Å². The van der Waals surface area contributed by atoms with Crippen LogP contribution in [0.25, 0.3) is 0 Å². The Morgan fingerprint density at radius 2 is 2.06 bits per heavy atom. The van der Waals surface area contributed by atoms with E-state index in [1.807, 2.05) is 30.7 Å². The van der Waals surface area contributed by atoms with Crippen LogP contribution in [0.15, 0.2) is 34.9 Å². The maximum Gasteiger partial charge on any atom is 0.137 e. The van der Waals surface area contributed by atoms with Gasteiger partial charge >= 0.3 is 0 Å². The van der Waals surface area contributed by atoms with Crippen molar-refractivity contribution in [2.45, 2.75) is 25.9 Å². The van der Waals surface area contributed by atoms with Crippen LogP contribution < -0.4 is 5.73 Å². The zero-order valence-electron chi connectivity index (χ0n) is 10.3. The Kier molecular flexibility index (Phi) is 3.82. The lowest BCUT2D eigenvalue weighted by molar-refractivity contribution is 0.498. The Balaban J connectivity index is 2.45. The Morgan fingerprint density at radius 3 is 2.72 bits per heavy atom. The number of halogens is 2. The summed E-state index contributed by atoms with van der Waals surface area (Å²) in [4.78, 5) is 0. The van der Waals surface area contributed by atoms with Crippen molar-refractivity contribution in [2.24, 2.45) is 5.73 Å². The van der Waals surface area contributed by atoms with Crippen molar-refractivity contribution >= 4 is 15.9 Å². The average Bonchev–Trinajstić information content (AvgIpc) is 2.81. The second kappa shape index (κ2) is 5.20. The molecule has 1 heterocycles. The first kappa shape index (κ1) is 13.2. The molecule has 96 valence electrons. The number of nitrogens with zero attached hydrogens (tertiary/aromatic N) is 2. The van der Waals surface area contributed by atoms with Crippen molar-refractivity contribution in [3.05, 3.63) is 52.0 Å². The fourth-order valence-electron chi connectivity index (χ4n) is 1.92. The molecule has 1 unspecified atom stereocenters. The van der Waals surface area contributed by atoms with E-state index in [1.165, 1.54) is 6.07 Å². The average molecular weight is 312 g/mol. The molecule has 0 aliphatic heterocycles. The summed E-state index contributed by atoms with van der Waals surface area (Å²) in [5.41, 5.74) is 7.80. The number of nitrogens with two attached hydrogens (primary N) is 1. The predicted octanol–water partition coefficient (Wildman–Crippen LogP) is 3.41. The molecule has 3 nitrogen and oxygen atoms in total. The highest BCUT2D eigenvalue weighted by atomic mass is 79.9. The Morgan fingerprint density at radius 1 is 1.33 bits per heavy atom. The van der Waals surface area contributed by atoms with Gasteiger partial charge in [0.15, 0.2) is 0 Å². The molecule has 0 saturated heterocycles. The third kappa shape index (κ3) is 2.33. The fourth-order valence-corrected chi connectivity index (χ4v) is 2.43.